The first-order valence-corrected chi connectivity index (χ1v) is 11.2. The lowest BCUT2D eigenvalue weighted by Crippen LogP contribution is -2.37. The first-order valence-electron chi connectivity index (χ1n) is 11.2. The molecule has 0 saturated carbocycles. The Morgan fingerprint density at radius 1 is 1.15 bits per heavy atom. The molecule has 0 bridgehead atoms. The van der Waals surface area contributed by atoms with Crippen LogP contribution in [0.25, 0.3) is 21.9 Å². The molecule has 0 radical (unpaired) electrons. The number of benzene rings is 1. The molecule has 0 saturated heterocycles. The topological polar surface area (TPSA) is 114 Å². The van der Waals surface area contributed by atoms with E-state index in [4.69, 9.17) is 24.9 Å². The molecule has 2 heterocycles. The molecule has 0 aliphatic carbocycles. The zero-order valence-corrected chi connectivity index (χ0v) is 20.4. The highest BCUT2D eigenvalue weighted by molar-refractivity contribution is 6.06. The van der Waals surface area contributed by atoms with Crippen molar-refractivity contribution < 1.29 is 19.0 Å². The van der Waals surface area contributed by atoms with Crippen LogP contribution in [0.1, 0.15) is 47.4 Å². The number of pyridine rings is 1. The summed E-state index contributed by atoms with van der Waals surface area (Å²) in [6.45, 7) is 13.6. The van der Waals surface area contributed by atoms with Gasteiger partial charge in [-0.2, -0.15) is 0 Å². The van der Waals surface area contributed by atoms with Gasteiger partial charge < -0.3 is 29.8 Å². The Labute approximate surface area is 194 Å². The maximum Gasteiger partial charge on any atom is 0.407 e. The molecule has 9 heteroatoms. The normalized spacial score (nSPS) is 12.4. The van der Waals surface area contributed by atoms with Crippen molar-refractivity contribution in [3.63, 3.8) is 0 Å². The van der Waals surface area contributed by atoms with E-state index in [-0.39, 0.29) is 0 Å². The number of para-hydroxylation sites is 1. The minimum absolute atomic E-state index is 0.337. The highest BCUT2D eigenvalue weighted by atomic mass is 16.6. The number of carbonyl (C=O) groups excluding carboxylic acids is 1. The average molecular weight is 458 g/mol. The maximum atomic E-state index is 11.9. The number of imidazole rings is 1. The van der Waals surface area contributed by atoms with E-state index in [1.165, 1.54) is 0 Å². The van der Waals surface area contributed by atoms with E-state index in [0.29, 0.717) is 44.2 Å². The number of amides is 1. The molecule has 3 N–H and O–H groups in total. The molecular formula is C24H35N5O4. The van der Waals surface area contributed by atoms with Crippen LogP contribution in [0.4, 0.5) is 10.6 Å². The molecular weight excluding hydrogens is 422 g/mol. The number of alkyl carbamates (subject to hydrolysis) is 1. The standard InChI is InChI=1S/C24H35N5O4/c1-7-31-14-18-28-19-20(16-10-8-9-11-17(16)27-21(19)25)29(18)15-24(5,6)32-13-12-26-22(30)33-23(2,3)4/h8-11H,7,12-15H2,1-6H3,(H2,25,27)(H,26,30). The number of fused-ring (bicyclic) bond motifs is 3. The largest absolute Gasteiger partial charge is 0.444 e. The lowest BCUT2D eigenvalue weighted by Gasteiger charge is -2.27. The number of ether oxygens (including phenoxy) is 3. The Morgan fingerprint density at radius 3 is 2.58 bits per heavy atom. The van der Waals surface area contributed by atoms with Crippen LogP contribution in [0.5, 0.6) is 0 Å². The number of hydrogen-bond donors (Lipinski definition) is 2. The van der Waals surface area contributed by atoms with Gasteiger partial charge in [0.1, 0.15) is 23.5 Å². The number of anilines is 1. The Balaban J connectivity index is 1.82. The second-order valence-electron chi connectivity index (χ2n) is 9.50. The Morgan fingerprint density at radius 2 is 1.88 bits per heavy atom. The zero-order valence-electron chi connectivity index (χ0n) is 20.4. The molecule has 180 valence electrons. The first-order chi connectivity index (χ1) is 15.5. The van der Waals surface area contributed by atoms with E-state index in [1.807, 2.05) is 65.8 Å². The molecule has 3 rings (SSSR count). The first kappa shape index (κ1) is 24.7. The highest BCUT2D eigenvalue weighted by Crippen LogP contribution is 2.30. The van der Waals surface area contributed by atoms with Gasteiger partial charge in [0.15, 0.2) is 5.82 Å². The zero-order chi connectivity index (χ0) is 24.2. The average Bonchev–Trinajstić information content (AvgIpc) is 3.07. The van der Waals surface area contributed by atoms with Gasteiger partial charge in [-0.05, 0) is 47.6 Å². The van der Waals surface area contributed by atoms with Crippen LogP contribution in [0.3, 0.4) is 0 Å². The molecule has 1 amide bonds. The molecule has 33 heavy (non-hydrogen) atoms. The van der Waals surface area contributed by atoms with Crippen molar-refractivity contribution in [2.75, 3.05) is 25.5 Å². The van der Waals surface area contributed by atoms with Crippen molar-refractivity contribution in [2.45, 2.75) is 65.9 Å². The summed E-state index contributed by atoms with van der Waals surface area (Å²) in [6.07, 6.45) is -0.460. The van der Waals surface area contributed by atoms with E-state index in [0.717, 1.165) is 22.2 Å². The number of nitrogen functional groups attached to an aromatic ring is 1. The highest BCUT2D eigenvalue weighted by Gasteiger charge is 2.25. The third kappa shape index (κ3) is 6.33. The molecule has 2 aromatic heterocycles. The van der Waals surface area contributed by atoms with Gasteiger partial charge in [0, 0.05) is 18.5 Å². The summed E-state index contributed by atoms with van der Waals surface area (Å²) in [6, 6.07) is 7.87. The van der Waals surface area contributed by atoms with Gasteiger partial charge in [-0.3, -0.25) is 0 Å². The fourth-order valence-corrected chi connectivity index (χ4v) is 3.60. The Hall–Kier alpha value is -2.91. The van der Waals surface area contributed by atoms with Gasteiger partial charge in [-0.25, -0.2) is 14.8 Å². The fourth-order valence-electron chi connectivity index (χ4n) is 3.60. The molecule has 3 aromatic rings. The van der Waals surface area contributed by atoms with Gasteiger partial charge in [0.05, 0.1) is 29.8 Å². The van der Waals surface area contributed by atoms with Gasteiger partial charge >= 0.3 is 6.09 Å². The molecule has 1 aromatic carbocycles. The summed E-state index contributed by atoms with van der Waals surface area (Å²) in [5.74, 6) is 1.15. The molecule has 9 nitrogen and oxygen atoms in total. The smallest absolute Gasteiger partial charge is 0.407 e. The maximum absolute atomic E-state index is 11.9. The monoisotopic (exact) mass is 457 g/mol. The van der Waals surface area contributed by atoms with Gasteiger partial charge in [0.25, 0.3) is 0 Å². The predicted molar refractivity (Wildman–Crippen MR) is 129 cm³/mol. The van der Waals surface area contributed by atoms with E-state index < -0.39 is 17.3 Å². The number of nitrogens with one attached hydrogen (secondary N) is 1. The van der Waals surface area contributed by atoms with E-state index in [9.17, 15) is 4.79 Å². The van der Waals surface area contributed by atoms with Crippen molar-refractivity contribution in [1.29, 1.82) is 0 Å². The third-order valence-electron chi connectivity index (χ3n) is 4.93. The summed E-state index contributed by atoms with van der Waals surface area (Å²) < 4.78 is 19.2. The number of carbonyl (C=O) groups is 1. The Kier molecular flexibility index (Phi) is 7.44. The van der Waals surface area contributed by atoms with Crippen LogP contribution in [0, 0.1) is 0 Å². The van der Waals surface area contributed by atoms with Crippen molar-refractivity contribution in [3.8, 4) is 0 Å². The number of rotatable bonds is 9. The van der Waals surface area contributed by atoms with Crippen LogP contribution >= 0.6 is 0 Å². The van der Waals surface area contributed by atoms with Crippen LogP contribution < -0.4 is 11.1 Å². The van der Waals surface area contributed by atoms with Gasteiger partial charge in [0.2, 0.25) is 0 Å². The Bertz CT molecular complexity index is 1120. The summed E-state index contributed by atoms with van der Waals surface area (Å²) >= 11 is 0. The second kappa shape index (κ2) is 9.93. The molecule has 0 aliphatic rings. The minimum Gasteiger partial charge on any atom is -0.444 e. The number of aromatic nitrogens is 3. The lowest BCUT2D eigenvalue weighted by molar-refractivity contribution is -0.0291. The van der Waals surface area contributed by atoms with Crippen molar-refractivity contribution >= 4 is 33.8 Å². The van der Waals surface area contributed by atoms with Crippen molar-refractivity contribution in [2.24, 2.45) is 0 Å². The van der Waals surface area contributed by atoms with Gasteiger partial charge in [-0.1, -0.05) is 18.2 Å². The van der Waals surface area contributed by atoms with E-state index in [2.05, 4.69) is 14.9 Å². The number of nitrogens with two attached hydrogens (primary N) is 1. The number of hydrogen-bond acceptors (Lipinski definition) is 7. The quantitative estimate of drug-likeness (QED) is 0.467. The lowest BCUT2D eigenvalue weighted by atomic mass is 10.1. The SMILES string of the molecule is CCOCc1nc2c(N)nc3ccccc3c2n1CC(C)(C)OCCNC(=O)OC(C)(C)C. The second-order valence-corrected chi connectivity index (χ2v) is 9.50. The summed E-state index contributed by atoms with van der Waals surface area (Å²) in [4.78, 5) is 21.1. The van der Waals surface area contributed by atoms with Crippen molar-refractivity contribution in [3.05, 3.63) is 30.1 Å². The van der Waals surface area contributed by atoms with Crippen LogP contribution in [-0.4, -0.2) is 51.6 Å². The molecule has 0 aliphatic heterocycles. The molecule has 0 unspecified atom stereocenters. The van der Waals surface area contributed by atoms with Crippen LogP contribution in [-0.2, 0) is 27.4 Å². The minimum atomic E-state index is -0.552. The van der Waals surface area contributed by atoms with Crippen molar-refractivity contribution in [1.82, 2.24) is 19.9 Å². The predicted octanol–water partition coefficient (Wildman–Crippen LogP) is 4.02. The summed E-state index contributed by atoms with van der Waals surface area (Å²) in [5, 5.41) is 3.69. The molecule has 0 fully saturated rings. The molecule has 0 spiro atoms. The number of nitrogens with zero attached hydrogens (tertiary/aromatic N) is 3. The summed E-state index contributed by atoms with van der Waals surface area (Å²) in [7, 11) is 0. The van der Waals surface area contributed by atoms with E-state index in [1.54, 1.807) is 0 Å². The van der Waals surface area contributed by atoms with E-state index >= 15 is 0 Å². The molecule has 0 atom stereocenters. The van der Waals surface area contributed by atoms with Gasteiger partial charge in [-0.15, -0.1) is 0 Å². The third-order valence-corrected chi connectivity index (χ3v) is 4.93. The van der Waals surface area contributed by atoms with Crippen LogP contribution in [0.2, 0.25) is 0 Å². The fraction of sp³-hybridized carbons (Fsp3) is 0.542. The summed E-state index contributed by atoms with van der Waals surface area (Å²) in [5.41, 5.74) is 7.55. The van der Waals surface area contributed by atoms with Crippen LogP contribution in [0.15, 0.2) is 24.3 Å².